The molecule has 0 amide bonds. The predicted molar refractivity (Wildman–Crippen MR) is 48.8 cm³/mol. The van der Waals surface area contributed by atoms with Crippen molar-refractivity contribution in [2.45, 2.75) is 6.10 Å². The van der Waals surface area contributed by atoms with Crippen LogP contribution in [0.25, 0.3) is 0 Å². The van der Waals surface area contributed by atoms with E-state index in [0.29, 0.717) is 6.10 Å². The summed E-state index contributed by atoms with van der Waals surface area (Å²) in [5.74, 6) is 0.909. The van der Waals surface area contributed by atoms with Gasteiger partial charge in [0.25, 0.3) is 0 Å². The predicted octanol–water partition coefficient (Wildman–Crippen LogP) is 0.854. The molecule has 0 saturated carbocycles. The highest BCUT2D eigenvalue weighted by Gasteiger charge is 2.17. The molecule has 1 N–H and O–H groups in total. The molecule has 1 aliphatic heterocycles. The minimum absolute atomic E-state index is 0. The van der Waals surface area contributed by atoms with E-state index >= 15 is 0 Å². The lowest BCUT2D eigenvalue weighted by atomic mass is 10.2. The van der Waals surface area contributed by atoms with Crippen molar-refractivity contribution in [3.8, 4) is 5.75 Å². The second kappa shape index (κ2) is 4.28. The van der Waals surface area contributed by atoms with Gasteiger partial charge < -0.3 is 10.1 Å². The molecule has 12 heavy (non-hydrogen) atoms. The van der Waals surface area contributed by atoms with Crippen molar-refractivity contribution in [3.63, 3.8) is 0 Å². The van der Waals surface area contributed by atoms with Gasteiger partial charge in [-0.1, -0.05) is 0 Å². The van der Waals surface area contributed by atoms with Crippen LogP contribution in [0.1, 0.15) is 0 Å². The van der Waals surface area contributed by atoms with Crippen molar-refractivity contribution >= 4 is 12.4 Å². The van der Waals surface area contributed by atoms with Gasteiger partial charge in [-0.3, -0.25) is 4.98 Å². The summed E-state index contributed by atoms with van der Waals surface area (Å²) in [4.78, 5) is 3.90. The van der Waals surface area contributed by atoms with Gasteiger partial charge in [0, 0.05) is 25.5 Å². The summed E-state index contributed by atoms with van der Waals surface area (Å²) in [5, 5.41) is 3.14. The van der Waals surface area contributed by atoms with Crippen LogP contribution in [0, 0.1) is 0 Å². The SMILES string of the molecule is Cl.c1cc(OC2CNC2)ccn1. The Morgan fingerprint density at radius 2 is 2.00 bits per heavy atom. The second-order valence-corrected chi connectivity index (χ2v) is 2.58. The van der Waals surface area contributed by atoms with Gasteiger partial charge in [-0.25, -0.2) is 0 Å². The molecule has 1 aliphatic rings. The Balaban J connectivity index is 0.000000720. The Morgan fingerprint density at radius 1 is 1.33 bits per heavy atom. The zero-order valence-electron chi connectivity index (χ0n) is 6.56. The lowest BCUT2D eigenvalue weighted by Gasteiger charge is -2.27. The van der Waals surface area contributed by atoms with Gasteiger partial charge in [-0.05, 0) is 12.1 Å². The van der Waals surface area contributed by atoms with Gasteiger partial charge in [-0.15, -0.1) is 12.4 Å². The first-order valence-electron chi connectivity index (χ1n) is 3.72. The second-order valence-electron chi connectivity index (χ2n) is 2.58. The van der Waals surface area contributed by atoms with Gasteiger partial charge in [-0.2, -0.15) is 0 Å². The summed E-state index contributed by atoms with van der Waals surface area (Å²) in [5.41, 5.74) is 0. The summed E-state index contributed by atoms with van der Waals surface area (Å²) in [6.45, 7) is 1.92. The molecule has 1 aromatic heterocycles. The topological polar surface area (TPSA) is 34.1 Å². The molecule has 1 saturated heterocycles. The van der Waals surface area contributed by atoms with Crippen LogP contribution in [-0.2, 0) is 0 Å². The van der Waals surface area contributed by atoms with E-state index in [1.54, 1.807) is 12.4 Å². The van der Waals surface area contributed by atoms with Crippen molar-refractivity contribution in [1.82, 2.24) is 10.3 Å². The Bertz CT molecular complexity index is 226. The summed E-state index contributed by atoms with van der Waals surface area (Å²) in [6, 6.07) is 3.75. The number of nitrogens with one attached hydrogen (secondary N) is 1. The number of aromatic nitrogens is 1. The number of nitrogens with zero attached hydrogens (tertiary/aromatic N) is 1. The molecule has 66 valence electrons. The van der Waals surface area contributed by atoms with E-state index in [9.17, 15) is 0 Å². The zero-order chi connectivity index (χ0) is 7.52. The van der Waals surface area contributed by atoms with Crippen LogP contribution < -0.4 is 10.1 Å². The highest BCUT2D eigenvalue weighted by molar-refractivity contribution is 5.85. The van der Waals surface area contributed by atoms with Crippen molar-refractivity contribution in [2.75, 3.05) is 13.1 Å². The molecule has 0 atom stereocenters. The maximum atomic E-state index is 5.55. The van der Waals surface area contributed by atoms with E-state index in [2.05, 4.69) is 10.3 Å². The monoisotopic (exact) mass is 186 g/mol. The first-order chi connectivity index (χ1) is 5.45. The first kappa shape index (κ1) is 9.29. The molecule has 2 rings (SSSR count). The molecule has 0 aliphatic carbocycles. The van der Waals surface area contributed by atoms with E-state index in [1.807, 2.05) is 12.1 Å². The van der Waals surface area contributed by atoms with Gasteiger partial charge in [0.05, 0.1) is 0 Å². The van der Waals surface area contributed by atoms with Gasteiger partial charge >= 0.3 is 0 Å². The summed E-state index contributed by atoms with van der Waals surface area (Å²) in [6.07, 6.45) is 3.83. The highest BCUT2D eigenvalue weighted by atomic mass is 35.5. The number of ether oxygens (including phenoxy) is 1. The Morgan fingerprint density at radius 3 is 2.50 bits per heavy atom. The first-order valence-corrected chi connectivity index (χ1v) is 3.72. The zero-order valence-corrected chi connectivity index (χ0v) is 7.38. The van der Waals surface area contributed by atoms with E-state index in [4.69, 9.17) is 4.74 Å². The quantitative estimate of drug-likeness (QED) is 0.744. The third kappa shape index (κ3) is 2.09. The van der Waals surface area contributed by atoms with Crippen LogP contribution in [0.4, 0.5) is 0 Å². The molecule has 2 heterocycles. The Hall–Kier alpha value is -0.800. The minimum Gasteiger partial charge on any atom is -0.488 e. The number of hydrogen-bond donors (Lipinski definition) is 1. The van der Waals surface area contributed by atoms with Gasteiger partial charge in [0.1, 0.15) is 11.9 Å². The number of pyridine rings is 1. The molecule has 4 heteroatoms. The third-order valence-electron chi connectivity index (χ3n) is 1.70. The molecule has 0 bridgehead atoms. The molecular formula is C8H11ClN2O. The molecule has 3 nitrogen and oxygen atoms in total. The van der Waals surface area contributed by atoms with Crippen molar-refractivity contribution in [1.29, 1.82) is 0 Å². The molecule has 1 fully saturated rings. The average Bonchev–Trinajstić information content (AvgIpc) is 1.99. The smallest absolute Gasteiger partial charge is 0.123 e. The fraction of sp³-hybridized carbons (Fsp3) is 0.375. The van der Waals surface area contributed by atoms with Crippen LogP contribution in [0.15, 0.2) is 24.5 Å². The lowest BCUT2D eigenvalue weighted by Crippen LogP contribution is -2.50. The molecule has 0 aromatic carbocycles. The molecule has 0 spiro atoms. The Kier molecular flexibility index (Phi) is 3.31. The normalized spacial score (nSPS) is 16.0. The molecule has 0 unspecified atom stereocenters. The van der Waals surface area contributed by atoms with Crippen LogP contribution in [0.2, 0.25) is 0 Å². The van der Waals surface area contributed by atoms with Gasteiger partial charge in [0.2, 0.25) is 0 Å². The number of rotatable bonds is 2. The number of halogens is 1. The van der Waals surface area contributed by atoms with Crippen molar-refractivity contribution in [3.05, 3.63) is 24.5 Å². The van der Waals surface area contributed by atoms with Gasteiger partial charge in [0.15, 0.2) is 0 Å². The standard InChI is InChI=1S/C8H10N2O.ClH/c1-3-9-4-2-7(1)11-8-5-10-6-8;/h1-4,8,10H,5-6H2;1H. The van der Waals surface area contributed by atoms with Crippen LogP contribution in [0.5, 0.6) is 5.75 Å². The maximum absolute atomic E-state index is 5.55. The third-order valence-corrected chi connectivity index (χ3v) is 1.70. The summed E-state index contributed by atoms with van der Waals surface area (Å²) >= 11 is 0. The summed E-state index contributed by atoms with van der Waals surface area (Å²) in [7, 11) is 0. The van der Waals surface area contributed by atoms with E-state index in [-0.39, 0.29) is 12.4 Å². The fourth-order valence-corrected chi connectivity index (χ4v) is 0.955. The van der Waals surface area contributed by atoms with Crippen LogP contribution >= 0.6 is 12.4 Å². The summed E-state index contributed by atoms with van der Waals surface area (Å²) < 4.78 is 5.55. The van der Waals surface area contributed by atoms with E-state index < -0.39 is 0 Å². The van der Waals surface area contributed by atoms with E-state index in [0.717, 1.165) is 18.8 Å². The Labute approximate surface area is 77.6 Å². The molecule has 0 radical (unpaired) electrons. The lowest BCUT2D eigenvalue weighted by molar-refractivity contribution is 0.142. The van der Waals surface area contributed by atoms with Crippen molar-refractivity contribution in [2.24, 2.45) is 0 Å². The molecule has 1 aromatic rings. The molecular weight excluding hydrogens is 176 g/mol. The maximum Gasteiger partial charge on any atom is 0.123 e. The highest BCUT2D eigenvalue weighted by Crippen LogP contribution is 2.10. The van der Waals surface area contributed by atoms with Crippen LogP contribution in [0.3, 0.4) is 0 Å². The largest absolute Gasteiger partial charge is 0.488 e. The fourth-order valence-electron chi connectivity index (χ4n) is 0.955. The number of hydrogen-bond acceptors (Lipinski definition) is 3. The minimum atomic E-state index is 0. The van der Waals surface area contributed by atoms with Crippen LogP contribution in [-0.4, -0.2) is 24.2 Å². The van der Waals surface area contributed by atoms with Crippen molar-refractivity contribution < 1.29 is 4.74 Å². The van der Waals surface area contributed by atoms with E-state index in [1.165, 1.54) is 0 Å². The average molecular weight is 187 g/mol.